The zero-order valence-electron chi connectivity index (χ0n) is 6.76. The molecule has 68 valence electrons. The highest BCUT2D eigenvalue weighted by atomic mass is 35.5. The first kappa shape index (κ1) is 10.2. The molecule has 0 saturated heterocycles. The second-order valence-corrected chi connectivity index (χ2v) is 3.05. The second kappa shape index (κ2) is 4.96. The van der Waals surface area contributed by atoms with Crippen LogP contribution in [0, 0.1) is 11.3 Å². The number of nitrogens with zero attached hydrogens (tertiary/aromatic N) is 1. The minimum absolute atomic E-state index is 0.356. The third-order valence-electron chi connectivity index (χ3n) is 1.42. The molecule has 1 rings (SSSR count). The van der Waals surface area contributed by atoms with Crippen molar-refractivity contribution in [2.45, 2.75) is 0 Å². The Hall–Kier alpha value is -0.910. The van der Waals surface area contributed by atoms with Crippen molar-refractivity contribution in [1.82, 2.24) is 0 Å². The first-order valence-corrected chi connectivity index (χ1v) is 4.58. The molecular formula is C9H7Cl2NO. The molecule has 0 aliphatic carbocycles. The molecule has 13 heavy (non-hydrogen) atoms. The summed E-state index contributed by atoms with van der Waals surface area (Å²) < 4.78 is 5.22. The van der Waals surface area contributed by atoms with Crippen molar-refractivity contribution in [1.29, 1.82) is 5.26 Å². The van der Waals surface area contributed by atoms with E-state index in [9.17, 15) is 0 Å². The summed E-state index contributed by atoms with van der Waals surface area (Å²) in [5, 5.41) is 9.15. The van der Waals surface area contributed by atoms with Crippen molar-refractivity contribution in [2.24, 2.45) is 0 Å². The summed E-state index contributed by atoms with van der Waals surface area (Å²) in [7, 11) is 0. The van der Waals surface area contributed by atoms with Crippen LogP contribution in [0.2, 0.25) is 5.02 Å². The number of hydrogen-bond acceptors (Lipinski definition) is 2. The maximum atomic E-state index is 8.75. The highest BCUT2D eigenvalue weighted by molar-refractivity contribution is 6.31. The van der Waals surface area contributed by atoms with E-state index in [1.54, 1.807) is 18.2 Å². The Labute approximate surface area is 86.6 Å². The Morgan fingerprint density at radius 1 is 1.46 bits per heavy atom. The third kappa shape index (κ3) is 2.51. The Morgan fingerprint density at radius 2 is 2.23 bits per heavy atom. The van der Waals surface area contributed by atoms with Gasteiger partial charge in [-0.3, -0.25) is 0 Å². The molecule has 0 fully saturated rings. The summed E-state index contributed by atoms with van der Waals surface area (Å²) in [6, 6.07) is 7.04. The molecular weight excluding hydrogens is 209 g/mol. The number of halogens is 2. The molecule has 0 amide bonds. The minimum atomic E-state index is 0.356. The van der Waals surface area contributed by atoms with E-state index in [4.69, 9.17) is 33.2 Å². The molecule has 0 bridgehead atoms. The maximum absolute atomic E-state index is 8.75. The fourth-order valence-corrected chi connectivity index (χ4v) is 1.17. The molecule has 0 atom stereocenters. The van der Waals surface area contributed by atoms with Crippen LogP contribution in [0.4, 0.5) is 0 Å². The average molecular weight is 216 g/mol. The van der Waals surface area contributed by atoms with Crippen molar-refractivity contribution in [3.63, 3.8) is 0 Å². The van der Waals surface area contributed by atoms with Crippen molar-refractivity contribution >= 4 is 23.2 Å². The highest BCUT2D eigenvalue weighted by Gasteiger charge is 2.06. The van der Waals surface area contributed by atoms with Gasteiger partial charge in [0, 0.05) is 0 Å². The Balaban J connectivity index is 2.93. The highest BCUT2D eigenvalue weighted by Crippen LogP contribution is 2.25. The topological polar surface area (TPSA) is 33.0 Å². The zero-order chi connectivity index (χ0) is 9.68. The van der Waals surface area contributed by atoms with E-state index >= 15 is 0 Å². The summed E-state index contributed by atoms with van der Waals surface area (Å²) in [5.41, 5.74) is 0.356. The lowest BCUT2D eigenvalue weighted by Gasteiger charge is -2.05. The molecule has 1 aromatic rings. The van der Waals surface area contributed by atoms with Gasteiger partial charge in [-0.1, -0.05) is 17.7 Å². The number of hydrogen-bond donors (Lipinski definition) is 0. The molecule has 0 spiro atoms. The van der Waals surface area contributed by atoms with Crippen LogP contribution in [0.5, 0.6) is 5.75 Å². The zero-order valence-corrected chi connectivity index (χ0v) is 8.27. The van der Waals surface area contributed by atoms with Gasteiger partial charge >= 0.3 is 0 Å². The van der Waals surface area contributed by atoms with Crippen LogP contribution in [0.25, 0.3) is 0 Å². The Bertz CT molecular complexity index is 333. The average Bonchev–Trinajstić information content (AvgIpc) is 2.15. The smallest absolute Gasteiger partial charge is 0.138 e. The van der Waals surface area contributed by atoms with Gasteiger partial charge < -0.3 is 4.74 Å². The van der Waals surface area contributed by atoms with Crippen molar-refractivity contribution in [3.05, 3.63) is 28.8 Å². The number of alkyl halides is 1. The summed E-state index contributed by atoms with van der Waals surface area (Å²) in [6.45, 7) is 0.372. The van der Waals surface area contributed by atoms with Crippen LogP contribution < -0.4 is 4.74 Å². The van der Waals surface area contributed by atoms with Crippen molar-refractivity contribution in [2.75, 3.05) is 12.5 Å². The first-order valence-electron chi connectivity index (χ1n) is 3.67. The van der Waals surface area contributed by atoms with Gasteiger partial charge in [0.15, 0.2) is 0 Å². The molecule has 0 aliphatic heterocycles. The van der Waals surface area contributed by atoms with Gasteiger partial charge in [0.05, 0.1) is 10.9 Å². The van der Waals surface area contributed by atoms with Gasteiger partial charge in [0.2, 0.25) is 0 Å². The van der Waals surface area contributed by atoms with Crippen LogP contribution in [-0.2, 0) is 0 Å². The van der Waals surface area contributed by atoms with Gasteiger partial charge in [-0.25, -0.2) is 0 Å². The number of nitriles is 1. The summed E-state index contributed by atoms with van der Waals surface area (Å²) in [4.78, 5) is 0. The fraction of sp³-hybridized carbons (Fsp3) is 0.222. The van der Waals surface area contributed by atoms with Gasteiger partial charge in [0.1, 0.15) is 24.0 Å². The quantitative estimate of drug-likeness (QED) is 0.727. The molecule has 1 aromatic carbocycles. The molecule has 0 aliphatic rings. The summed E-state index contributed by atoms with van der Waals surface area (Å²) in [6.07, 6.45) is 0. The van der Waals surface area contributed by atoms with Gasteiger partial charge in [-0.05, 0) is 12.1 Å². The molecule has 0 saturated carbocycles. The van der Waals surface area contributed by atoms with E-state index in [0.29, 0.717) is 28.8 Å². The predicted molar refractivity (Wildman–Crippen MR) is 52.4 cm³/mol. The molecule has 0 heterocycles. The first-order chi connectivity index (χ1) is 6.29. The summed E-state index contributed by atoms with van der Waals surface area (Å²) >= 11 is 11.2. The van der Waals surface area contributed by atoms with Gasteiger partial charge in [-0.15, -0.1) is 11.6 Å². The van der Waals surface area contributed by atoms with Crippen LogP contribution in [0.1, 0.15) is 5.56 Å². The van der Waals surface area contributed by atoms with Crippen molar-refractivity contribution < 1.29 is 4.74 Å². The van der Waals surface area contributed by atoms with Crippen molar-refractivity contribution in [3.8, 4) is 11.8 Å². The lowest BCUT2D eigenvalue weighted by atomic mass is 10.2. The van der Waals surface area contributed by atoms with E-state index in [1.807, 2.05) is 6.07 Å². The number of rotatable bonds is 3. The monoisotopic (exact) mass is 215 g/mol. The molecule has 2 nitrogen and oxygen atoms in total. The van der Waals surface area contributed by atoms with E-state index in [-0.39, 0.29) is 0 Å². The largest absolute Gasteiger partial charge is 0.491 e. The lowest BCUT2D eigenvalue weighted by Crippen LogP contribution is -1.99. The number of ether oxygens (including phenoxy) is 1. The van der Waals surface area contributed by atoms with Crippen LogP contribution in [0.3, 0.4) is 0 Å². The lowest BCUT2D eigenvalue weighted by molar-refractivity contribution is 0.342. The molecule has 0 unspecified atom stereocenters. The van der Waals surface area contributed by atoms with E-state index in [2.05, 4.69) is 0 Å². The van der Waals surface area contributed by atoms with Gasteiger partial charge in [0.25, 0.3) is 0 Å². The SMILES string of the molecule is N#Cc1c(Cl)cccc1OCCCl. The summed E-state index contributed by atoms with van der Waals surface area (Å²) in [5.74, 6) is 0.868. The Morgan fingerprint density at radius 3 is 2.85 bits per heavy atom. The Kier molecular flexibility index (Phi) is 3.88. The molecule has 0 radical (unpaired) electrons. The third-order valence-corrected chi connectivity index (χ3v) is 1.89. The molecule has 0 aromatic heterocycles. The normalized spacial score (nSPS) is 9.31. The van der Waals surface area contributed by atoms with Gasteiger partial charge in [-0.2, -0.15) is 5.26 Å². The number of benzene rings is 1. The molecule has 4 heteroatoms. The van der Waals surface area contributed by atoms with Crippen LogP contribution in [0.15, 0.2) is 18.2 Å². The van der Waals surface area contributed by atoms with E-state index in [1.165, 1.54) is 0 Å². The van der Waals surface area contributed by atoms with Crippen LogP contribution in [-0.4, -0.2) is 12.5 Å². The second-order valence-electron chi connectivity index (χ2n) is 2.26. The molecule has 0 N–H and O–H groups in total. The minimum Gasteiger partial charge on any atom is -0.491 e. The maximum Gasteiger partial charge on any atom is 0.138 e. The predicted octanol–water partition coefficient (Wildman–Crippen LogP) is 2.83. The van der Waals surface area contributed by atoms with E-state index < -0.39 is 0 Å². The van der Waals surface area contributed by atoms with Crippen LogP contribution >= 0.6 is 23.2 Å². The fourth-order valence-electron chi connectivity index (χ4n) is 0.882. The van der Waals surface area contributed by atoms with E-state index in [0.717, 1.165) is 0 Å². The standard InChI is InChI=1S/C9H7Cl2NO/c10-4-5-13-9-3-1-2-8(11)7(9)6-12/h1-3H,4-5H2.